The minimum absolute atomic E-state index is 0.294. The van der Waals surface area contributed by atoms with E-state index in [1.807, 2.05) is 20.2 Å². The number of fused-ring (bicyclic) bond motifs is 1. The van der Waals surface area contributed by atoms with Gasteiger partial charge in [-0.15, -0.1) is 11.3 Å². The van der Waals surface area contributed by atoms with Gasteiger partial charge < -0.3 is 31.0 Å². The average Bonchev–Trinajstić information content (AvgIpc) is 3.40. The van der Waals surface area contributed by atoms with Crippen molar-refractivity contribution in [2.75, 3.05) is 37.9 Å². The number of nitrogens with two attached hydrogens (primary N) is 1. The monoisotopic (exact) mass is 468 g/mol. The molecule has 0 saturated carbocycles. The first-order valence-electron chi connectivity index (χ1n) is 10.4. The first-order valence-corrected chi connectivity index (χ1v) is 11.2. The zero-order valence-corrected chi connectivity index (χ0v) is 19.1. The molecule has 0 bridgehead atoms. The maximum absolute atomic E-state index is 14.5. The number of ether oxygens (including phenoxy) is 1. The second-order valence-corrected chi connectivity index (χ2v) is 8.67. The maximum atomic E-state index is 14.5. The lowest BCUT2D eigenvalue weighted by atomic mass is 10.2. The summed E-state index contributed by atoms with van der Waals surface area (Å²) in [4.78, 5) is 21.6. The fraction of sp³-hybridized carbons (Fsp3) is 0.217. The van der Waals surface area contributed by atoms with Gasteiger partial charge in [-0.1, -0.05) is 0 Å². The van der Waals surface area contributed by atoms with Gasteiger partial charge in [0.05, 0.1) is 41.6 Å². The highest BCUT2D eigenvalue weighted by Crippen LogP contribution is 2.32. The van der Waals surface area contributed by atoms with Gasteiger partial charge in [0, 0.05) is 18.0 Å². The number of halogens is 1. The molecule has 0 aliphatic carbocycles. The van der Waals surface area contributed by atoms with E-state index in [4.69, 9.17) is 10.5 Å². The van der Waals surface area contributed by atoms with E-state index in [1.54, 1.807) is 36.0 Å². The number of amides is 1. The summed E-state index contributed by atoms with van der Waals surface area (Å²) in [6.45, 7) is 1.46. The SMILES string of the molecule is CN(C)CCCOc1ccc(F)c(Nc2cc3c(Nc4ccsc4C(N)=O)cncc3[nH]2)c1. The first-order chi connectivity index (χ1) is 15.9. The second-order valence-electron chi connectivity index (χ2n) is 7.76. The Labute approximate surface area is 194 Å². The van der Waals surface area contributed by atoms with Crippen LogP contribution in [-0.4, -0.2) is 48.0 Å². The van der Waals surface area contributed by atoms with Crippen LogP contribution in [0.4, 0.5) is 27.3 Å². The minimum Gasteiger partial charge on any atom is -0.493 e. The summed E-state index contributed by atoms with van der Waals surface area (Å²) in [5.41, 5.74) is 7.79. The number of hydrogen-bond donors (Lipinski definition) is 4. The number of aromatic nitrogens is 2. The molecule has 1 amide bonds. The van der Waals surface area contributed by atoms with Crippen molar-refractivity contribution in [2.45, 2.75) is 6.42 Å². The second kappa shape index (κ2) is 9.88. The summed E-state index contributed by atoms with van der Waals surface area (Å²) in [5.74, 6) is 0.290. The molecule has 0 unspecified atom stereocenters. The smallest absolute Gasteiger partial charge is 0.260 e. The largest absolute Gasteiger partial charge is 0.493 e. The third-order valence-corrected chi connectivity index (χ3v) is 5.86. The Bertz CT molecular complexity index is 1270. The van der Waals surface area contributed by atoms with E-state index in [0.29, 0.717) is 40.1 Å². The van der Waals surface area contributed by atoms with E-state index in [2.05, 4.69) is 25.5 Å². The van der Waals surface area contributed by atoms with Gasteiger partial charge in [-0.05, 0) is 50.2 Å². The summed E-state index contributed by atoms with van der Waals surface area (Å²) >= 11 is 1.27. The van der Waals surface area contributed by atoms with Crippen molar-refractivity contribution in [3.05, 3.63) is 58.8 Å². The van der Waals surface area contributed by atoms with E-state index in [0.717, 1.165) is 23.9 Å². The zero-order chi connectivity index (χ0) is 23.4. The van der Waals surface area contributed by atoms with Gasteiger partial charge in [0.2, 0.25) is 0 Å². The third-order valence-electron chi connectivity index (χ3n) is 4.93. The first kappa shape index (κ1) is 22.6. The molecule has 4 aromatic rings. The molecule has 5 N–H and O–H groups in total. The number of aromatic amines is 1. The van der Waals surface area contributed by atoms with Gasteiger partial charge in [0.25, 0.3) is 5.91 Å². The van der Waals surface area contributed by atoms with Crippen molar-refractivity contribution in [2.24, 2.45) is 5.73 Å². The van der Waals surface area contributed by atoms with Crippen LogP contribution in [0.15, 0.2) is 48.1 Å². The molecule has 0 radical (unpaired) electrons. The van der Waals surface area contributed by atoms with Crippen molar-refractivity contribution in [1.82, 2.24) is 14.9 Å². The topological polar surface area (TPSA) is 108 Å². The number of benzene rings is 1. The van der Waals surface area contributed by atoms with Crippen molar-refractivity contribution in [3.63, 3.8) is 0 Å². The summed E-state index contributed by atoms with van der Waals surface area (Å²) < 4.78 is 20.2. The van der Waals surface area contributed by atoms with Crippen LogP contribution >= 0.6 is 11.3 Å². The van der Waals surface area contributed by atoms with E-state index in [1.165, 1.54) is 17.4 Å². The molecule has 0 spiro atoms. The molecule has 33 heavy (non-hydrogen) atoms. The van der Waals surface area contributed by atoms with Crippen molar-refractivity contribution >= 4 is 51.0 Å². The summed E-state index contributed by atoms with van der Waals surface area (Å²) in [7, 11) is 4.02. The van der Waals surface area contributed by atoms with Gasteiger partial charge in [-0.3, -0.25) is 9.78 Å². The number of carbonyl (C=O) groups excluding carboxylic acids is 1. The van der Waals surface area contributed by atoms with Gasteiger partial charge in [-0.2, -0.15) is 0 Å². The van der Waals surface area contributed by atoms with Crippen LogP contribution < -0.4 is 21.1 Å². The number of thiophene rings is 1. The predicted molar refractivity (Wildman–Crippen MR) is 131 cm³/mol. The molecule has 0 saturated heterocycles. The van der Waals surface area contributed by atoms with E-state index in [9.17, 15) is 9.18 Å². The highest BCUT2D eigenvalue weighted by molar-refractivity contribution is 7.12. The highest BCUT2D eigenvalue weighted by atomic mass is 32.1. The van der Waals surface area contributed by atoms with E-state index >= 15 is 0 Å². The van der Waals surface area contributed by atoms with Crippen LogP contribution in [-0.2, 0) is 0 Å². The fourth-order valence-corrected chi connectivity index (χ4v) is 4.07. The standard InChI is InChI=1S/C23H25FN6O2S/c1-30(2)7-3-8-32-14-4-5-16(24)18(10-14)28-21-11-15-19(12-26-13-20(15)29-21)27-17-6-9-33-22(17)23(25)31/h4-6,9-13,27-29H,3,7-8H2,1-2H3,(H2,25,31). The molecule has 4 rings (SSSR count). The molecule has 172 valence electrons. The Hall–Kier alpha value is -3.63. The van der Waals surface area contributed by atoms with Crippen LogP contribution in [0.2, 0.25) is 0 Å². The molecule has 1 aromatic carbocycles. The Morgan fingerprint density at radius 3 is 2.82 bits per heavy atom. The van der Waals surface area contributed by atoms with Gasteiger partial charge >= 0.3 is 0 Å². The normalized spacial score (nSPS) is 11.2. The van der Waals surface area contributed by atoms with Crippen molar-refractivity contribution in [1.29, 1.82) is 0 Å². The third kappa shape index (κ3) is 5.41. The molecular weight excluding hydrogens is 443 g/mol. The number of nitrogens with one attached hydrogen (secondary N) is 3. The Balaban J connectivity index is 1.53. The van der Waals surface area contributed by atoms with Crippen molar-refractivity contribution in [3.8, 4) is 5.75 Å². The van der Waals surface area contributed by atoms with Gasteiger partial charge in [-0.25, -0.2) is 4.39 Å². The number of pyridine rings is 1. The lowest BCUT2D eigenvalue weighted by molar-refractivity contribution is 0.100. The number of rotatable bonds is 10. The lowest BCUT2D eigenvalue weighted by Crippen LogP contribution is -2.15. The number of H-pyrrole nitrogens is 1. The van der Waals surface area contributed by atoms with Crippen LogP contribution in [0.5, 0.6) is 5.75 Å². The number of primary amides is 1. The number of anilines is 4. The van der Waals surface area contributed by atoms with Crippen LogP contribution in [0.25, 0.3) is 10.9 Å². The summed E-state index contributed by atoms with van der Waals surface area (Å²) in [5, 5.41) is 8.91. The fourth-order valence-electron chi connectivity index (χ4n) is 3.37. The Kier molecular flexibility index (Phi) is 6.76. The lowest BCUT2D eigenvalue weighted by Gasteiger charge is -2.12. The van der Waals surface area contributed by atoms with Gasteiger partial charge in [0.15, 0.2) is 0 Å². The Morgan fingerprint density at radius 1 is 1.18 bits per heavy atom. The number of carbonyl (C=O) groups is 1. The molecular formula is C23H25FN6O2S. The molecule has 8 nitrogen and oxygen atoms in total. The summed E-state index contributed by atoms with van der Waals surface area (Å²) in [6.07, 6.45) is 4.21. The quantitative estimate of drug-likeness (QED) is 0.252. The molecule has 10 heteroatoms. The van der Waals surface area contributed by atoms with Gasteiger partial charge in [0.1, 0.15) is 22.3 Å². The summed E-state index contributed by atoms with van der Waals surface area (Å²) in [6, 6.07) is 8.26. The number of hydrogen-bond acceptors (Lipinski definition) is 7. The minimum atomic E-state index is -0.497. The van der Waals surface area contributed by atoms with Crippen LogP contribution in [0, 0.1) is 5.82 Å². The van der Waals surface area contributed by atoms with E-state index in [-0.39, 0.29) is 0 Å². The highest BCUT2D eigenvalue weighted by Gasteiger charge is 2.13. The maximum Gasteiger partial charge on any atom is 0.260 e. The predicted octanol–water partition coefficient (Wildman–Crippen LogP) is 4.68. The van der Waals surface area contributed by atoms with Crippen molar-refractivity contribution < 1.29 is 13.9 Å². The average molecular weight is 469 g/mol. The molecule has 3 aromatic heterocycles. The van der Waals surface area contributed by atoms with E-state index < -0.39 is 11.7 Å². The molecule has 3 heterocycles. The van der Waals surface area contributed by atoms with Crippen LogP contribution in [0.1, 0.15) is 16.1 Å². The number of nitrogens with zero attached hydrogens (tertiary/aromatic N) is 2. The molecule has 0 aliphatic heterocycles. The molecule has 0 atom stereocenters. The Morgan fingerprint density at radius 2 is 2.03 bits per heavy atom. The molecule has 0 fully saturated rings. The van der Waals surface area contributed by atoms with Crippen LogP contribution in [0.3, 0.4) is 0 Å². The zero-order valence-electron chi connectivity index (χ0n) is 18.3. The molecule has 0 aliphatic rings.